The molecule has 0 aromatic rings. The zero-order valence-corrected chi connectivity index (χ0v) is 13.3. The summed E-state index contributed by atoms with van der Waals surface area (Å²) in [4.78, 5) is 34.9. The lowest BCUT2D eigenvalue weighted by Crippen LogP contribution is -2.57. The molecular formula is C14H20F3NO5. The van der Waals surface area contributed by atoms with Gasteiger partial charge in [-0.25, -0.2) is 4.79 Å². The highest BCUT2D eigenvalue weighted by atomic mass is 19.4. The van der Waals surface area contributed by atoms with Gasteiger partial charge in [-0.2, -0.15) is 13.2 Å². The Kier molecular flexibility index (Phi) is 5.65. The second-order valence-corrected chi connectivity index (χ2v) is 6.35. The molecule has 132 valence electrons. The molecule has 0 aliphatic heterocycles. The topological polar surface area (TPSA) is 81.7 Å². The molecule has 0 heterocycles. The standard InChI is InChI=1S/C14H20F3NO5/c1-13(2,3)23-11(20)9(18-12(21)14(15,16)17)7-5-6-8(7)10(19)22-4/h7-9H,5-6H2,1-4H3,(H,18,21)/t7-,8-,9-/m1/s1. The van der Waals surface area contributed by atoms with Crippen molar-refractivity contribution < 1.29 is 37.0 Å². The first-order chi connectivity index (χ1) is 10.4. The molecule has 0 bridgehead atoms. The zero-order chi connectivity index (χ0) is 18.0. The van der Waals surface area contributed by atoms with E-state index >= 15 is 0 Å². The summed E-state index contributed by atoms with van der Waals surface area (Å²) in [6, 6.07) is -1.55. The van der Waals surface area contributed by atoms with E-state index in [-0.39, 0.29) is 0 Å². The first-order valence-corrected chi connectivity index (χ1v) is 7.05. The number of carbonyl (C=O) groups is 3. The molecule has 1 saturated carbocycles. The molecule has 1 aliphatic rings. The van der Waals surface area contributed by atoms with E-state index in [0.29, 0.717) is 12.8 Å². The molecule has 1 N–H and O–H groups in total. The Morgan fingerprint density at radius 1 is 1.13 bits per heavy atom. The fourth-order valence-electron chi connectivity index (χ4n) is 2.30. The zero-order valence-electron chi connectivity index (χ0n) is 13.3. The summed E-state index contributed by atoms with van der Waals surface area (Å²) in [6.07, 6.45) is -4.45. The van der Waals surface area contributed by atoms with Crippen LogP contribution in [0.25, 0.3) is 0 Å². The van der Waals surface area contributed by atoms with Gasteiger partial charge in [0.05, 0.1) is 13.0 Å². The highest BCUT2D eigenvalue weighted by molar-refractivity contribution is 5.88. The van der Waals surface area contributed by atoms with Gasteiger partial charge in [-0.15, -0.1) is 0 Å². The first-order valence-electron chi connectivity index (χ1n) is 7.05. The molecular weight excluding hydrogens is 319 g/mol. The summed E-state index contributed by atoms with van der Waals surface area (Å²) in [5.41, 5.74) is -0.942. The number of esters is 2. The smallest absolute Gasteiger partial charge is 0.469 e. The van der Waals surface area contributed by atoms with Crippen molar-refractivity contribution in [3.63, 3.8) is 0 Å². The molecule has 1 amide bonds. The summed E-state index contributed by atoms with van der Waals surface area (Å²) >= 11 is 0. The molecule has 0 unspecified atom stereocenters. The van der Waals surface area contributed by atoms with E-state index in [1.807, 2.05) is 0 Å². The average Bonchev–Trinajstić information content (AvgIpc) is 2.32. The Morgan fingerprint density at radius 3 is 2.04 bits per heavy atom. The van der Waals surface area contributed by atoms with E-state index in [1.165, 1.54) is 0 Å². The van der Waals surface area contributed by atoms with E-state index < -0.39 is 47.5 Å². The second kappa shape index (κ2) is 6.76. The minimum Gasteiger partial charge on any atom is -0.469 e. The van der Waals surface area contributed by atoms with Crippen LogP contribution in [-0.2, 0) is 23.9 Å². The molecule has 0 saturated heterocycles. The number of amides is 1. The van der Waals surface area contributed by atoms with Crippen LogP contribution in [-0.4, -0.2) is 42.8 Å². The molecule has 0 radical (unpaired) electrons. The van der Waals surface area contributed by atoms with Gasteiger partial charge < -0.3 is 14.8 Å². The van der Waals surface area contributed by atoms with E-state index in [2.05, 4.69) is 4.74 Å². The van der Waals surface area contributed by atoms with Crippen LogP contribution in [0.1, 0.15) is 33.6 Å². The largest absolute Gasteiger partial charge is 0.471 e. The molecule has 1 fully saturated rings. The Labute approximate surface area is 131 Å². The molecule has 1 rings (SSSR count). The number of nitrogens with one attached hydrogen (secondary N) is 1. The Balaban J connectivity index is 2.95. The molecule has 6 nitrogen and oxygen atoms in total. The van der Waals surface area contributed by atoms with Gasteiger partial charge in [0.25, 0.3) is 0 Å². The summed E-state index contributed by atoms with van der Waals surface area (Å²) in [7, 11) is 1.15. The van der Waals surface area contributed by atoms with Crippen molar-refractivity contribution in [1.29, 1.82) is 0 Å². The lowest BCUT2D eigenvalue weighted by molar-refractivity contribution is -0.180. The van der Waals surface area contributed by atoms with Crippen LogP contribution in [0.2, 0.25) is 0 Å². The minimum absolute atomic E-state index is 0.307. The molecule has 0 aromatic heterocycles. The number of halogens is 3. The highest BCUT2D eigenvalue weighted by Crippen LogP contribution is 2.38. The first kappa shape index (κ1) is 19.2. The molecule has 9 heteroatoms. The molecule has 1 aliphatic carbocycles. The Bertz CT molecular complexity index is 484. The van der Waals surface area contributed by atoms with Crippen LogP contribution in [0.4, 0.5) is 13.2 Å². The van der Waals surface area contributed by atoms with Gasteiger partial charge in [0.2, 0.25) is 0 Å². The van der Waals surface area contributed by atoms with Crippen LogP contribution in [0.15, 0.2) is 0 Å². The van der Waals surface area contributed by atoms with Crippen molar-refractivity contribution in [3.05, 3.63) is 0 Å². The van der Waals surface area contributed by atoms with Gasteiger partial charge in [-0.3, -0.25) is 9.59 Å². The van der Waals surface area contributed by atoms with Crippen LogP contribution in [0.3, 0.4) is 0 Å². The maximum atomic E-state index is 12.5. The van der Waals surface area contributed by atoms with Crippen LogP contribution in [0, 0.1) is 11.8 Å². The number of hydrogen-bond donors (Lipinski definition) is 1. The second-order valence-electron chi connectivity index (χ2n) is 6.35. The van der Waals surface area contributed by atoms with Gasteiger partial charge in [-0.1, -0.05) is 0 Å². The number of ether oxygens (including phenoxy) is 2. The Morgan fingerprint density at radius 2 is 1.70 bits per heavy atom. The van der Waals surface area contributed by atoms with Gasteiger partial charge in [-0.05, 0) is 33.6 Å². The quantitative estimate of drug-likeness (QED) is 0.787. The number of rotatable bonds is 4. The predicted octanol–water partition coefficient (Wildman–Crippen LogP) is 1.57. The average molecular weight is 339 g/mol. The third-order valence-corrected chi connectivity index (χ3v) is 3.46. The summed E-state index contributed by atoms with van der Waals surface area (Å²) in [5, 5.41) is 1.64. The predicted molar refractivity (Wildman–Crippen MR) is 72.1 cm³/mol. The molecule has 23 heavy (non-hydrogen) atoms. The van der Waals surface area contributed by atoms with Crippen molar-refractivity contribution >= 4 is 17.8 Å². The van der Waals surface area contributed by atoms with Crippen molar-refractivity contribution in [3.8, 4) is 0 Å². The number of hydrogen-bond acceptors (Lipinski definition) is 5. The van der Waals surface area contributed by atoms with E-state index in [0.717, 1.165) is 7.11 Å². The highest BCUT2D eigenvalue weighted by Gasteiger charge is 2.49. The van der Waals surface area contributed by atoms with Crippen molar-refractivity contribution in [2.45, 2.75) is 51.4 Å². The fraction of sp³-hybridized carbons (Fsp3) is 0.786. The fourth-order valence-corrected chi connectivity index (χ4v) is 2.30. The SMILES string of the molecule is COC(=O)[C@@H]1CC[C@H]1[C@@H](NC(=O)C(F)(F)F)C(=O)OC(C)(C)C. The molecule has 0 aromatic carbocycles. The third-order valence-electron chi connectivity index (χ3n) is 3.46. The number of carbonyl (C=O) groups excluding carboxylic acids is 3. The van der Waals surface area contributed by atoms with Gasteiger partial charge in [0.15, 0.2) is 0 Å². The maximum Gasteiger partial charge on any atom is 0.471 e. The lowest BCUT2D eigenvalue weighted by Gasteiger charge is -2.39. The van der Waals surface area contributed by atoms with Crippen molar-refractivity contribution in [1.82, 2.24) is 5.32 Å². The van der Waals surface area contributed by atoms with Gasteiger partial charge in [0, 0.05) is 5.92 Å². The minimum atomic E-state index is -5.13. The Hall–Kier alpha value is -1.80. The van der Waals surface area contributed by atoms with Gasteiger partial charge in [0.1, 0.15) is 11.6 Å². The summed E-state index contributed by atoms with van der Waals surface area (Å²) < 4.78 is 47.0. The van der Waals surface area contributed by atoms with E-state index in [4.69, 9.17) is 4.74 Å². The lowest BCUT2D eigenvalue weighted by atomic mass is 9.69. The monoisotopic (exact) mass is 339 g/mol. The van der Waals surface area contributed by atoms with Crippen LogP contribution < -0.4 is 5.32 Å². The molecule has 3 atom stereocenters. The normalized spacial score (nSPS) is 22.6. The van der Waals surface area contributed by atoms with Crippen molar-refractivity contribution in [2.75, 3.05) is 7.11 Å². The van der Waals surface area contributed by atoms with Crippen LogP contribution in [0.5, 0.6) is 0 Å². The van der Waals surface area contributed by atoms with Gasteiger partial charge >= 0.3 is 24.0 Å². The van der Waals surface area contributed by atoms with E-state index in [9.17, 15) is 27.6 Å². The number of alkyl halides is 3. The summed E-state index contributed by atoms with van der Waals surface area (Å²) in [5.74, 6) is -5.41. The maximum absolute atomic E-state index is 12.5. The van der Waals surface area contributed by atoms with Crippen molar-refractivity contribution in [2.24, 2.45) is 11.8 Å². The van der Waals surface area contributed by atoms with E-state index in [1.54, 1.807) is 26.1 Å². The summed E-state index contributed by atoms with van der Waals surface area (Å²) in [6.45, 7) is 4.64. The molecule has 0 spiro atoms. The van der Waals surface area contributed by atoms with Crippen LogP contribution >= 0.6 is 0 Å². The third kappa shape index (κ3) is 5.11. The number of methoxy groups -OCH3 is 1.